The van der Waals surface area contributed by atoms with Crippen molar-refractivity contribution in [2.24, 2.45) is 17.3 Å². The Kier molecular flexibility index (Phi) is 8.41. The molecule has 1 aliphatic carbocycles. The number of benzene rings is 1. The molecule has 4 atom stereocenters. The summed E-state index contributed by atoms with van der Waals surface area (Å²) in [5, 5.41) is 0. The molecule has 0 N–H and O–H groups in total. The second-order valence-corrected chi connectivity index (χ2v) is 15.0. The lowest BCUT2D eigenvalue weighted by Gasteiger charge is -2.40. The van der Waals surface area contributed by atoms with Gasteiger partial charge in [0, 0.05) is 24.9 Å². The van der Waals surface area contributed by atoms with E-state index in [0.29, 0.717) is 23.5 Å². The van der Waals surface area contributed by atoms with E-state index in [9.17, 15) is 4.79 Å². The molecule has 5 heteroatoms. The summed E-state index contributed by atoms with van der Waals surface area (Å²) in [5.41, 5.74) is 5.47. The van der Waals surface area contributed by atoms with E-state index in [4.69, 9.17) is 9.41 Å². The number of Topliss-reactive ketones (excluding diaryl/α,β-unsaturated/α-hetero) is 1. The number of hydrogen-bond donors (Lipinski definition) is 0. The highest BCUT2D eigenvalue weighted by Gasteiger charge is 2.38. The van der Waals surface area contributed by atoms with Crippen LogP contribution in [0.25, 0.3) is 0 Å². The Morgan fingerprint density at radius 2 is 1.89 bits per heavy atom. The molecule has 0 bridgehead atoms. The molecule has 0 unspecified atom stereocenters. The molecule has 1 aliphatic heterocycles. The van der Waals surface area contributed by atoms with Gasteiger partial charge in [-0.1, -0.05) is 51.1 Å². The molecule has 2 heterocycles. The SMILES string of the molecule is CC(=O)[C@@H]1CN(C[C@@H]2CCc3ccc(O[SiH](C)C)nc3[C@H](C(C)(C)C)C2)CC[C@H]1c1ccccc1C. The third kappa shape index (κ3) is 6.28. The maximum atomic E-state index is 12.8. The summed E-state index contributed by atoms with van der Waals surface area (Å²) in [6.45, 7) is 18.5. The van der Waals surface area contributed by atoms with Crippen LogP contribution in [-0.4, -0.2) is 44.3 Å². The molecule has 4 rings (SSSR count). The first kappa shape index (κ1) is 27.1. The number of piperidine rings is 1. The Morgan fingerprint density at radius 1 is 1.14 bits per heavy atom. The Hall–Kier alpha value is -1.98. The van der Waals surface area contributed by atoms with Crippen LogP contribution in [-0.2, 0) is 11.2 Å². The first-order chi connectivity index (χ1) is 17.0. The van der Waals surface area contributed by atoms with Crippen LogP contribution in [0.2, 0.25) is 13.1 Å². The van der Waals surface area contributed by atoms with Gasteiger partial charge in [-0.25, -0.2) is 4.98 Å². The lowest BCUT2D eigenvalue weighted by Crippen LogP contribution is -2.44. The van der Waals surface area contributed by atoms with Gasteiger partial charge < -0.3 is 9.33 Å². The van der Waals surface area contributed by atoms with Gasteiger partial charge in [-0.15, -0.1) is 0 Å². The molecule has 0 amide bonds. The van der Waals surface area contributed by atoms with Gasteiger partial charge in [-0.2, -0.15) is 0 Å². The fraction of sp³-hybridized carbons (Fsp3) is 0.613. The average Bonchev–Trinajstić information content (AvgIpc) is 2.98. The van der Waals surface area contributed by atoms with Crippen molar-refractivity contribution in [2.45, 2.75) is 85.2 Å². The van der Waals surface area contributed by atoms with Crippen molar-refractivity contribution >= 4 is 14.8 Å². The predicted molar refractivity (Wildman–Crippen MR) is 152 cm³/mol. The molecule has 1 saturated heterocycles. The molecular formula is C31H46N2O2Si. The van der Waals surface area contributed by atoms with E-state index in [0.717, 1.165) is 44.8 Å². The second kappa shape index (κ2) is 11.2. The van der Waals surface area contributed by atoms with Crippen molar-refractivity contribution in [1.82, 2.24) is 9.88 Å². The van der Waals surface area contributed by atoms with Crippen LogP contribution in [0.1, 0.15) is 81.2 Å². The van der Waals surface area contributed by atoms with Crippen LogP contribution < -0.4 is 4.43 Å². The summed E-state index contributed by atoms with van der Waals surface area (Å²) in [5.74, 6) is 2.58. The van der Waals surface area contributed by atoms with Crippen LogP contribution >= 0.6 is 0 Å². The molecule has 2 aromatic rings. The minimum absolute atomic E-state index is 0.0859. The summed E-state index contributed by atoms with van der Waals surface area (Å²) >= 11 is 0. The average molecular weight is 507 g/mol. The maximum absolute atomic E-state index is 12.8. The van der Waals surface area contributed by atoms with E-state index in [1.54, 1.807) is 6.92 Å². The number of nitrogens with zero attached hydrogens (tertiary/aromatic N) is 2. The Bertz CT molecular complexity index is 1060. The van der Waals surface area contributed by atoms with E-state index < -0.39 is 9.04 Å². The van der Waals surface area contributed by atoms with Crippen molar-refractivity contribution in [3.8, 4) is 5.88 Å². The molecule has 0 spiro atoms. The van der Waals surface area contributed by atoms with Crippen molar-refractivity contribution in [3.63, 3.8) is 0 Å². The van der Waals surface area contributed by atoms with Crippen molar-refractivity contribution < 1.29 is 9.22 Å². The fourth-order valence-electron chi connectivity index (χ4n) is 6.49. The molecule has 1 aromatic carbocycles. The lowest BCUT2D eigenvalue weighted by molar-refractivity contribution is -0.123. The highest BCUT2D eigenvalue weighted by Crippen LogP contribution is 2.45. The highest BCUT2D eigenvalue weighted by atomic mass is 28.3. The molecule has 0 radical (unpaired) electrons. The third-order valence-corrected chi connectivity index (χ3v) is 9.15. The number of pyridine rings is 1. The van der Waals surface area contributed by atoms with Crippen LogP contribution in [0.15, 0.2) is 36.4 Å². The van der Waals surface area contributed by atoms with E-state index in [1.807, 2.05) is 0 Å². The number of likely N-dealkylation sites (tertiary alicyclic amines) is 1. The second-order valence-electron chi connectivity index (χ2n) is 12.6. The Balaban J connectivity index is 1.50. The molecule has 0 saturated carbocycles. The van der Waals surface area contributed by atoms with E-state index in [1.165, 1.54) is 28.8 Å². The summed E-state index contributed by atoms with van der Waals surface area (Å²) in [6.07, 6.45) is 4.47. The van der Waals surface area contributed by atoms with Gasteiger partial charge in [0.1, 0.15) is 5.78 Å². The lowest BCUT2D eigenvalue weighted by atomic mass is 9.73. The van der Waals surface area contributed by atoms with Gasteiger partial charge >= 0.3 is 0 Å². The quantitative estimate of drug-likeness (QED) is 0.330. The predicted octanol–water partition coefficient (Wildman–Crippen LogP) is 6.53. The minimum atomic E-state index is -1.19. The number of aromatic nitrogens is 1. The van der Waals surface area contributed by atoms with Gasteiger partial charge in [0.25, 0.3) is 0 Å². The van der Waals surface area contributed by atoms with Crippen molar-refractivity contribution in [2.75, 3.05) is 19.6 Å². The first-order valence-electron chi connectivity index (χ1n) is 14.0. The molecule has 1 aromatic heterocycles. The number of rotatable bonds is 6. The maximum Gasteiger partial charge on any atom is 0.231 e. The summed E-state index contributed by atoms with van der Waals surface area (Å²) in [6, 6.07) is 13.0. The Morgan fingerprint density at radius 3 is 2.56 bits per heavy atom. The number of hydrogen-bond acceptors (Lipinski definition) is 4. The molecule has 2 aliphatic rings. The van der Waals surface area contributed by atoms with Crippen molar-refractivity contribution in [1.29, 1.82) is 0 Å². The third-order valence-electron chi connectivity index (χ3n) is 8.43. The zero-order valence-electron chi connectivity index (χ0n) is 23.5. The normalized spacial score (nSPS) is 25.3. The smallest absolute Gasteiger partial charge is 0.231 e. The number of fused-ring (bicyclic) bond motifs is 1. The zero-order chi connectivity index (χ0) is 26.0. The minimum Gasteiger partial charge on any atom is -0.534 e. The zero-order valence-corrected chi connectivity index (χ0v) is 24.7. The van der Waals surface area contributed by atoms with Gasteiger partial charge in [0.2, 0.25) is 9.04 Å². The van der Waals surface area contributed by atoms with Crippen LogP contribution in [0.5, 0.6) is 5.88 Å². The number of ketones is 1. The molecule has 36 heavy (non-hydrogen) atoms. The van der Waals surface area contributed by atoms with E-state index >= 15 is 0 Å². The highest BCUT2D eigenvalue weighted by molar-refractivity contribution is 6.49. The first-order valence-corrected chi connectivity index (χ1v) is 16.8. The van der Waals surface area contributed by atoms with Crippen molar-refractivity contribution in [3.05, 3.63) is 58.8 Å². The van der Waals surface area contributed by atoms with E-state index in [-0.39, 0.29) is 11.3 Å². The molecular weight excluding hydrogens is 460 g/mol. The van der Waals surface area contributed by atoms with E-state index in [2.05, 4.69) is 82.1 Å². The van der Waals surface area contributed by atoms with Crippen LogP contribution in [0.4, 0.5) is 0 Å². The number of carbonyl (C=O) groups is 1. The molecule has 196 valence electrons. The topological polar surface area (TPSA) is 42.4 Å². The Labute approximate surface area is 220 Å². The summed E-state index contributed by atoms with van der Waals surface area (Å²) < 4.78 is 6.11. The van der Waals surface area contributed by atoms with Gasteiger partial charge in [-0.05, 0) is 99.2 Å². The van der Waals surface area contributed by atoms with Gasteiger partial charge in [0.15, 0.2) is 5.88 Å². The molecule has 4 nitrogen and oxygen atoms in total. The van der Waals surface area contributed by atoms with Gasteiger partial charge in [-0.3, -0.25) is 4.79 Å². The largest absolute Gasteiger partial charge is 0.534 e. The number of carbonyl (C=O) groups excluding carboxylic acids is 1. The van der Waals surface area contributed by atoms with Crippen LogP contribution in [0, 0.1) is 24.2 Å². The number of aryl methyl sites for hydroxylation is 2. The molecule has 1 fully saturated rings. The fourth-order valence-corrected chi connectivity index (χ4v) is 7.11. The van der Waals surface area contributed by atoms with Crippen LogP contribution in [0.3, 0.4) is 0 Å². The van der Waals surface area contributed by atoms with Gasteiger partial charge in [0.05, 0.1) is 5.69 Å². The monoisotopic (exact) mass is 506 g/mol. The summed E-state index contributed by atoms with van der Waals surface area (Å²) in [7, 11) is -1.19. The standard InChI is InChI=1S/C31H46N2O2Si/c1-21-10-8-9-11-25(21)26-16-17-33(20-27(26)22(2)34)19-23-12-13-24-14-15-29(35-36(6)7)32-30(24)28(18-23)31(3,4)5/h8-11,14-15,23,26-28,36H,12-13,16-20H2,1-7H3/t23-,26+,27+,28-/m1/s1. The summed E-state index contributed by atoms with van der Waals surface area (Å²) in [4.78, 5) is 20.5.